The molecule has 0 bridgehead atoms. The molecule has 0 amide bonds. The van der Waals surface area contributed by atoms with E-state index in [4.69, 9.17) is 0 Å². The summed E-state index contributed by atoms with van der Waals surface area (Å²) in [4.78, 5) is 13.7. The zero-order valence-electron chi connectivity index (χ0n) is 11.9. The van der Waals surface area contributed by atoms with Crippen molar-refractivity contribution >= 4 is 5.97 Å². The van der Waals surface area contributed by atoms with Gasteiger partial charge >= 0.3 is 5.97 Å². The molecular weight excluding hydrogens is 226 g/mol. The van der Waals surface area contributed by atoms with Crippen LogP contribution in [0, 0.1) is 23.7 Å². The summed E-state index contributed by atoms with van der Waals surface area (Å²) >= 11 is 0. The van der Waals surface area contributed by atoms with E-state index in [1.54, 1.807) is 0 Å². The molecule has 0 aromatic rings. The second-order valence-electron chi connectivity index (χ2n) is 6.64. The normalized spacial score (nSPS) is 38.2. The first kappa shape index (κ1) is 13.9. The number of likely N-dealkylation sites (tertiary alicyclic amines) is 1. The van der Waals surface area contributed by atoms with E-state index in [9.17, 15) is 9.90 Å². The minimum Gasteiger partial charge on any atom is -0.481 e. The maximum atomic E-state index is 11.2. The maximum absolute atomic E-state index is 11.2. The van der Waals surface area contributed by atoms with E-state index >= 15 is 0 Å². The summed E-state index contributed by atoms with van der Waals surface area (Å²) in [7, 11) is 0. The van der Waals surface area contributed by atoms with Crippen molar-refractivity contribution in [3.63, 3.8) is 0 Å². The Balaban J connectivity index is 2.04. The van der Waals surface area contributed by atoms with Crippen LogP contribution in [0.25, 0.3) is 0 Å². The molecule has 2 fully saturated rings. The van der Waals surface area contributed by atoms with Gasteiger partial charge in [-0.3, -0.25) is 9.69 Å². The Bertz CT molecular complexity index is 303. The van der Waals surface area contributed by atoms with Crippen molar-refractivity contribution in [1.82, 2.24) is 4.90 Å². The van der Waals surface area contributed by atoms with Gasteiger partial charge in [0.05, 0.1) is 5.92 Å². The van der Waals surface area contributed by atoms with Gasteiger partial charge in [0.15, 0.2) is 0 Å². The molecule has 0 aromatic heterocycles. The molecule has 0 spiro atoms. The van der Waals surface area contributed by atoms with E-state index in [0.717, 1.165) is 24.9 Å². The summed E-state index contributed by atoms with van der Waals surface area (Å²) in [6, 6.07) is 0.630. The van der Waals surface area contributed by atoms with E-state index in [0.29, 0.717) is 12.0 Å². The Labute approximate surface area is 111 Å². The van der Waals surface area contributed by atoms with Crippen LogP contribution in [0.3, 0.4) is 0 Å². The van der Waals surface area contributed by atoms with Gasteiger partial charge in [-0.1, -0.05) is 33.6 Å². The van der Waals surface area contributed by atoms with E-state index in [2.05, 4.69) is 25.7 Å². The van der Waals surface area contributed by atoms with Crippen LogP contribution in [-0.2, 0) is 4.79 Å². The summed E-state index contributed by atoms with van der Waals surface area (Å²) < 4.78 is 0. The second kappa shape index (κ2) is 5.60. The fourth-order valence-electron chi connectivity index (χ4n) is 3.97. The van der Waals surface area contributed by atoms with Gasteiger partial charge in [0.2, 0.25) is 0 Å². The first-order valence-electron chi connectivity index (χ1n) is 7.47. The molecule has 3 nitrogen and oxygen atoms in total. The summed E-state index contributed by atoms with van der Waals surface area (Å²) in [5.41, 5.74) is 0. The Morgan fingerprint density at radius 2 is 1.89 bits per heavy atom. The first-order valence-corrected chi connectivity index (χ1v) is 7.47. The van der Waals surface area contributed by atoms with Crippen molar-refractivity contribution in [2.45, 2.75) is 52.5 Å². The SMILES string of the molecule is CC(C)C1CCCCC1N1C[C@@H](C)[C@H](C(=O)O)C1. The molecule has 1 saturated heterocycles. The van der Waals surface area contributed by atoms with Crippen molar-refractivity contribution in [3.05, 3.63) is 0 Å². The molecule has 1 aliphatic carbocycles. The molecule has 1 saturated carbocycles. The molecule has 2 rings (SSSR count). The smallest absolute Gasteiger partial charge is 0.308 e. The molecule has 104 valence electrons. The molecule has 1 heterocycles. The van der Waals surface area contributed by atoms with Gasteiger partial charge in [0.25, 0.3) is 0 Å². The predicted octanol–water partition coefficient (Wildman–Crippen LogP) is 2.85. The van der Waals surface area contributed by atoms with Crippen molar-refractivity contribution in [1.29, 1.82) is 0 Å². The fraction of sp³-hybridized carbons (Fsp3) is 0.933. The van der Waals surface area contributed by atoms with Gasteiger partial charge in [-0.25, -0.2) is 0 Å². The van der Waals surface area contributed by atoms with E-state index in [-0.39, 0.29) is 5.92 Å². The molecule has 2 aliphatic rings. The van der Waals surface area contributed by atoms with E-state index in [1.807, 2.05) is 0 Å². The third-order valence-corrected chi connectivity index (χ3v) is 5.06. The number of rotatable bonds is 3. The standard InChI is InChI=1S/C15H27NO2/c1-10(2)12-6-4-5-7-14(12)16-8-11(3)13(9-16)15(17)18/h10-14H,4-9H2,1-3H3,(H,17,18)/t11-,12?,13-,14?/m1/s1. The summed E-state index contributed by atoms with van der Waals surface area (Å²) in [6.45, 7) is 8.47. The van der Waals surface area contributed by atoms with Crippen LogP contribution in [0.5, 0.6) is 0 Å². The average molecular weight is 253 g/mol. The minimum absolute atomic E-state index is 0.153. The molecule has 1 aliphatic heterocycles. The lowest BCUT2D eigenvalue weighted by Gasteiger charge is -2.40. The lowest BCUT2D eigenvalue weighted by molar-refractivity contribution is -0.142. The zero-order chi connectivity index (χ0) is 13.3. The van der Waals surface area contributed by atoms with Crippen LogP contribution in [0.1, 0.15) is 46.5 Å². The van der Waals surface area contributed by atoms with Gasteiger partial charge in [0, 0.05) is 19.1 Å². The Kier molecular flexibility index (Phi) is 4.31. The monoisotopic (exact) mass is 253 g/mol. The van der Waals surface area contributed by atoms with Crippen LogP contribution in [0.4, 0.5) is 0 Å². The number of hydrogen-bond acceptors (Lipinski definition) is 2. The fourth-order valence-corrected chi connectivity index (χ4v) is 3.97. The maximum Gasteiger partial charge on any atom is 0.308 e. The second-order valence-corrected chi connectivity index (χ2v) is 6.64. The van der Waals surface area contributed by atoms with Gasteiger partial charge in [-0.15, -0.1) is 0 Å². The molecule has 3 heteroatoms. The third kappa shape index (κ3) is 2.71. The number of aliphatic carboxylic acids is 1. The number of nitrogens with zero attached hydrogens (tertiary/aromatic N) is 1. The summed E-state index contributed by atoms with van der Waals surface area (Å²) in [5, 5.41) is 9.25. The van der Waals surface area contributed by atoms with Crippen LogP contribution in [-0.4, -0.2) is 35.1 Å². The highest BCUT2D eigenvalue weighted by Crippen LogP contribution is 2.37. The Hall–Kier alpha value is -0.570. The molecular formula is C15H27NO2. The number of carbonyl (C=O) groups is 1. The quantitative estimate of drug-likeness (QED) is 0.841. The van der Waals surface area contributed by atoms with Crippen LogP contribution >= 0.6 is 0 Å². The number of carboxylic acids is 1. The van der Waals surface area contributed by atoms with Crippen LogP contribution in [0.15, 0.2) is 0 Å². The lowest BCUT2D eigenvalue weighted by Crippen LogP contribution is -2.43. The van der Waals surface area contributed by atoms with Crippen molar-refractivity contribution in [2.24, 2.45) is 23.7 Å². The molecule has 0 radical (unpaired) electrons. The minimum atomic E-state index is -0.609. The highest BCUT2D eigenvalue weighted by Gasteiger charge is 2.41. The van der Waals surface area contributed by atoms with Crippen molar-refractivity contribution < 1.29 is 9.90 Å². The van der Waals surface area contributed by atoms with Crippen molar-refractivity contribution in [3.8, 4) is 0 Å². The van der Waals surface area contributed by atoms with Gasteiger partial charge in [-0.2, -0.15) is 0 Å². The van der Waals surface area contributed by atoms with Gasteiger partial charge in [-0.05, 0) is 30.6 Å². The average Bonchev–Trinajstić information content (AvgIpc) is 2.71. The molecule has 2 unspecified atom stereocenters. The Morgan fingerprint density at radius 3 is 2.44 bits per heavy atom. The topological polar surface area (TPSA) is 40.5 Å². The largest absolute Gasteiger partial charge is 0.481 e. The zero-order valence-corrected chi connectivity index (χ0v) is 11.9. The Morgan fingerprint density at radius 1 is 1.22 bits per heavy atom. The van der Waals surface area contributed by atoms with Gasteiger partial charge in [0.1, 0.15) is 0 Å². The third-order valence-electron chi connectivity index (χ3n) is 5.06. The molecule has 1 N–H and O–H groups in total. The molecule has 4 atom stereocenters. The highest BCUT2D eigenvalue weighted by molar-refractivity contribution is 5.71. The lowest BCUT2D eigenvalue weighted by atomic mass is 9.77. The summed E-state index contributed by atoms with van der Waals surface area (Å²) in [6.07, 6.45) is 5.26. The highest BCUT2D eigenvalue weighted by atomic mass is 16.4. The number of hydrogen-bond donors (Lipinski definition) is 1. The molecule has 0 aromatic carbocycles. The van der Waals surface area contributed by atoms with Crippen molar-refractivity contribution in [2.75, 3.05) is 13.1 Å². The first-order chi connectivity index (χ1) is 8.50. The van der Waals surface area contributed by atoms with Crippen LogP contribution in [0.2, 0.25) is 0 Å². The predicted molar refractivity (Wildman–Crippen MR) is 72.4 cm³/mol. The van der Waals surface area contributed by atoms with E-state index < -0.39 is 5.97 Å². The number of carboxylic acid groups (broad SMARTS) is 1. The summed E-state index contributed by atoms with van der Waals surface area (Å²) in [5.74, 6) is 1.02. The van der Waals surface area contributed by atoms with E-state index in [1.165, 1.54) is 25.7 Å². The van der Waals surface area contributed by atoms with Gasteiger partial charge < -0.3 is 5.11 Å². The van der Waals surface area contributed by atoms with Crippen LogP contribution < -0.4 is 0 Å². The molecule has 18 heavy (non-hydrogen) atoms.